The highest BCUT2D eigenvalue weighted by atomic mass is 35.5. The quantitative estimate of drug-likeness (QED) is 0.527. The number of alkyl halides is 1. The molecule has 0 radical (unpaired) electrons. The average molecular weight is 254 g/mol. The third-order valence-electron chi connectivity index (χ3n) is 1.54. The van der Waals surface area contributed by atoms with Gasteiger partial charge in [-0.3, -0.25) is 5.10 Å². The predicted octanol–water partition coefficient (Wildman–Crippen LogP) is -0.0566. The van der Waals surface area contributed by atoms with Crippen LogP contribution in [0.5, 0.6) is 0 Å². The molecule has 1 heterocycles. The van der Waals surface area contributed by atoms with E-state index in [1.54, 1.807) is 0 Å². The first kappa shape index (κ1) is 12.4. The lowest BCUT2D eigenvalue weighted by atomic mass is 10.7. The standard InChI is InChI=1S/C7H12ClN3O3S/c8-1-3-14-4-2-11-15(12,13)7-5-9-10-6-7/h5-6,11H,1-4H2,(H,9,10). The van der Waals surface area contributed by atoms with Crippen molar-refractivity contribution in [3.63, 3.8) is 0 Å². The second-order valence-corrected chi connectivity index (χ2v) is 4.78. The van der Waals surface area contributed by atoms with Crippen LogP contribution in [0.15, 0.2) is 17.3 Å². The van der Waals surface area contributed by atoms with Crippen molar-refractivity contribution in [2.75, 3.05) is 25.6 Å². The van der Waals surface area contributed by atoms with Crippen LogP contribution in [0.3, 0.4) is 0 Å². The summed E-state index contributed by atoms with van der Waals surface area (Å²) in [6, 6.07) is 0. The zero-order chi connectivity index (χ0) is 11.1. The van der Waals surface area contributed by atoms with E-state index in [9.17, 15) is 8.42 Å². The molecule has 0 aliphatic rings. The highest BCUT2D eigenvalue weighted by Crippen LogP contribution is 2.03. The summed E-state index contributed by atoms with van der Waals surface area (Å²) in [5, 5.41) is 5.98. The van der Waals surface area contributed by atoms with Crippen molar-refractivity contribution in [3.05, 3.63) is 12.4 Å². The first-order valence-electron chi connectivity index (χ1n) is 4.29. The van der Waals surface area contributed by atoms with Crippen molar-refractivity contribution in [2.45, 2.75) is 4.90 Å². The summed E-state index contributed by atoms with van der Waals surface area (Å²) in [5.74, 6) is 0.397. The van der Waals surface area contributed by atoms with Crippen molar-refractivity contribution in [1.29, 1.82) is 0 Å². The van der Waals surface area contributed by atoms with Gasteiger partial charge in [0, 0.05) is 18.6 Å². The van der Waals surface area contributed by atoms with Gasteiger partial charge in [0.15, 0.2) is 0 Å². The molecule has 0 unspecified atom stereocenters. The molecule has 0 saturated heterocycles. The Balaban J connectivity index is 2.32. The fraction of sp³-hybridized carbons (Fsp3) is 0.571. The molecule has 0 aliphatic heterocycles. The van der Waals surface area contributed by atoms with E-state index >= 15 is 0 Å². The number of nitrogens with one attached hydrogen (secondary N) is 2. The van der Waals surface area contributed by atoms with Gasteiger partial charge in [-0.1, -0.05) is 0 Å². The van der Waals surface area contributed by atoms with E-state index in [-0.39, 0.29) is 11.4 Å². The van der Waals surface area contributed by atoms with Crippen molar-refractivity contribution in [3.8, 4) is 0 Å². The molecule has 0 aromatic carbocycles. The lowest BCUT2D eigenvalue weighted by Crippen LogP contribution is -2.27. The molecular weight excluding hydrogens is 242 g/mol. The van der Waals surface area contributed by atoms with Gasteiger partial charge in [0.05, 0.1) is 19.4 Å². The van der Waals surface area contributed by atoms with Gasteiger partial charge >= 0.3 is 0 Å². The first-order valence-corrected chi connectivity index (χ1v) is 6.31. The zero-order valence-corrected chi connectivity index (χ0v) is 9.51. The molecule has 0 aliphatic carbocycles. The Morgan fingerprint density at radius 3 is 2.93 bits per heavy atom. The number of rotatable bonds is 7. The largest absolute Gasteiger partial charge is 0.379 e. The second-order valence-electron chi connectivity index (χ2n) is 2.63. The minimum absolute atomic E-state index is 0.111. The lowest BCUT2D eigenvalue weighted by molar-refractivity contribution is 0.155. The van der Waals surface area contributed by atoms with Crippen LogP contribution in [-0.4, -0.2) is 44.3 Å². The third-order valence-corrected chi connectivity index (χ3v) is 3.13. The van der Waals surface area contributed by atoms with E-state index < -0.39 is 10.0 Å². The SMILES string of the molecule is O=S(=O)(NCCOCCCl)c1cn[nH]c1. The van der Waals surface area contributed by atoms with Gasteiger partial charge in [-0.05, 0) is 0 Å². The normalized spacial score (nSPS) is 11.8. The number of aromatic nitrogens is 2. The smallest absolute Gasteiger partial charge is 0.243 e. The van der Waals surface area contributed by atoms with Crippen molar-refractivity contribution >= 4 is 21.6 Å². The number of halogens is 1. The van der Waals surface area contributed by atoms with E-state index in [0.717, 1.165) is 0 Å². The van der Waals surface area contributed by atoms with Crippen LogP contribution in [0.2, 0.25) is 0 Å². The maximum absolute atomic E-state index is 11.5. The summed E-state index contributed by atoms with van der Waals surface area (Å²) in [4.78, 5) is 0.111. The minimum atomic E-state index is -3.46. The summed E-state index contributed by atoms with van der Waals surface area (Å²) in [5.41, 5.74) is 0. The van der Waals surface area contributed by atoms with E-state index in [0.29, 0.717) is 19.1 Å². The predicted molar refractivity (Wildman–Crippen MR) is 55.3 cm³/mol. The van der Waals surface area contributed by atoms with Crippen LogP contribution in [0, 0.1) is 0 Å². The molecule has 1 aromatic heterocycles. The van der Waals surface area contributed by atoms with Crippen LogP contribution in [0.1, 0.15) is 0 Å². The molecule has 0 amide bonds. The van der Waals surface area contributed by atoms with Gasteiger partial charge in [-0.25, -0.2) is 13.1 Å². The Kier molecular flexibility index (Phi) is 5.03. The van der Waals surface area contributed by atoms with Crippen LogP contribution < -0.4 is 4.72 Å². The van der Waals surface area contributed by atoms with E-state index in [4.69, 9.17) is 16.3 Å². The second kappa shape index (κ2) is 6.06. The van der Waals surface area contributed by atoms with Gasteiger partial charge in [0.1, 0.15) is 4.90 Å². The van der Waals surface area contributed by atoms with Crippen molar-refractivity contribution in [2.24, 2.45) is 0 Å². The lowest BCUT2D eigenvalue weighted by Gasteiger charge is -2.04. The average Bonchev–Trinajstić information content (AvgIpc) is 2.70. The highest BCUT2D eigenvalue weighted by molar-refractivity contribution is 7.89. The maximum Gasteiger partial charge on any atom is 0.243 e. The molecule has 1 rings (SSSR count). The van der Waals surface area contributed by atoms with E-state index in [2.05, 4.69) is 14.9 Å². The molecular formula is C7H12ClN3O3S. The Labute approximate surface area is 93.0 Å². The van der Waals surface area contributed by atoms with Crippen molar-refractivity contribution < 1.29 is 13.2 Å². The number of ether oxygens (including phenoxy) is 1. The molecule has 86 valence electrons. The monoisotopic (exact) mass is 253 g/mol. The molecule has 15 heavy (non-hydrogen) atoms. The first-order chi connectivity index (χ1) is 7.17. The van der Waals surface area contributed by atoms with Gasteiger partial charge in [-0.2, -0.15) is 5.10 Å². The van der Waals surface area contributed by atoms with Gasteiger partial charge < -0.3 is 4.74 Å². The molecule has 8 heteroatoms. The van der Waals surface area contributed by atoms with E-state index in [1.165, 1.54) is 12.4 Å². The topological polar surface area (TPSA) is 84.1 Å². The zero-order valence-electron chi connectivity index (χ0n) is 7.94. The summed E-state index contributed by atoms with van der Waals surface area (Å²) in [7, 11) is -3.46. The van der Waals surface area contributed by atoms with Crippen LogP contribution in [0.4, 0.5) is 0 Å². The van der Waals surface area contributed by atoms with Crippen LogP contribution in [0.25, 0.3) is 0 Å². The van der Waals surface area contributed by atoms with Gasteiger partial charge in [0.25, 0.3) is 0 Å². The Morgan fingerprint density at radius 1 is 1.53 bits per heavy atom. The highest BCUT2D eigenvalue weighted by Gasteiger charge is 2.13. The number of H-pyrrole nitrogens is 1. The molecule has 0 spiro atoms. The van der Waals surface area contributed by atoms with Crippen LogP contribution in [-0.2, 0) is 14.8 Å². The summed E-state index contributed by atoms with van der Waals surface area (Å²) in [6.07, 6.45) is 2.55. The molecule has 0 saturated carbocycles. The molecule has 6 nitrogen and oxygen atoms in total. The van der Waals surface area contributed by atoms with Gasteiger partial charge in [-0.15, -0.1) is 11.6 Å². The molecule has 0 bridgehead atoms. The molecule has 2 N–H and O–H groups in total. The summed E-state index contributed by atoms with van der Waals surface area (Å²) >= 11 is 5.38. The maximum atomic E-state index is 11.5. The number of hydrogen-bond acceptors (Lipinski definition) is 4. The molecule has 0 atom stereocenters. The van der Waals surface area contributed by atoms with Gasteiger partial charge in [0.2, 0.25) is 10.0 Å². The fourth-order valence-corrected chi connectivity index (χ4v) is 1.90. The Bertz CT molecular complexity index is 365. The molecule has 0 fully saturated rings. The number of sulfonamides is 1. The summed E-state index contributed by atoms with van der Waals surface area (Å²) in [6.45, 7) is 0.920. The Morgan fingerprint density at radius 2 is 2.33 bits per heavy atom. The van der Waals surface area contributed by atoms with Crippen molar-refractivity contribution in [1.82, 2.24) is 14.9 Å². The third kappa shape index (κ3) is 4.17. The fourth-order valence-electron chi connectivity index (χ4n) is 0.874. The number of hydrogen-bond donors (Lipinski definition) is 2. The molecule has 1 aromatic rings. The van der Waals surface area contributed by atoms with Crippen LogP contribution >= 0.6 is 11.6 Å². The minimum Gasteiger partial charge on any atom is -0.379 e. The number of nitrogens with zero attached hydrogens (tertiary/aromatic N) is 1. The number of aromatic amines is 1. The Hall–Kier alpha value is -0.630. The van der Waals surface area contributed by atoms with E-state index in [1.807, 2.05) is 0 Å². The summed E-state index contributed by atoms with van der Waals surface area (Å²) < 4.78 is 30.3.